The van der Waals surface area contributed by atoms with Crippen LogP contribution in [-0.4, -0.2) is 76.0 Å². The lowest BCUT2D eigenvalue weighted by molar-refractivity contribution is -0.142. The molecule has 7 N–H and O–H groups in total. The van der Waals surface area contributed by atoms with Gasteiger partial charge in [0.15, 0.2) is 0 Å². The van der Waals surface area contributed by atoms with Crippen LogP contribution in [0.5, 0.6) is 0 Å². The van der Waals surface area contributed by atoms with Gasteiger partial charge in [0.1, 0.15) is 18.1 Å². The molecule has 4 unspecified atom stereocenters. The van der Waals surface area contributed by atoms with E-state index in [0.29, 0.717) is 5.75 Å². The second-order valence-electron chi connectivity index (χ2n) is 7.70. The molecule has 0 aromatic heterocycles. The van der Waals surface area contributed by atoms with Crippen LogP contribution in [0.15, 0.2) is 30.3 Å². The van der Waals surface area contributed by atoms with Crippen molar-refractivity contribution in [2.45, 2.75) is 56.8 Å². The summed E-state index contributed by atoms with van der Waals surface area (Å²) in [5, 5.41) is 25.6. The monoisotopic (exact) mass is 496 g/mol. The third-order valence-electron chi connectivity index (χ3n) is 4.90. The molecule has 0 saturated heterocycles. The first-order valence-electron chi connectivity index (χ1n) is 10.7. The van der Waals surface area contributed by atoms with Crippen LogP contribution in [0.1, 0.15) is 31.7 Å². The summed E-state index contributed by atoms with van der Waals surface area (Å²) in [6.07, 6.45) is 1.76. The van der Waals surface area contributed by atoms with Crippen molar-refractivity contribution in [3.63, 3.8) is 0 Å². The van der Waals surface area contributed by atoms with Gasteiger partial charge in [0.25, 0.3) is 0 Å². The number of thioether (sulfide) groups is 1. The van der Waals surface area contributed by atoms with Crippen LogP contribution < -0.4 is 21.7 Å². The van der Waals surface area contributed by atoms with Gasteiger partial charge in [0, 0.05) is 12.8 Å². The number of benzene rings is 1. The van der Waals surface area contributed by atoms with Gasteiger partial charge in [-0.05, 0) is 37.3 Å². The number of amides is 3. The third-order valence-corrected chi connectivity index (χ3v) is 5.54. The molecule has 0 fully saturated rings. The smallest absolute Gasteiger partial charge is 0.326 e. The van der Waals surface area contributed by atoms with E-state index < -0.39 is 53.8 Å². The Hall–Kier alpha value is -3.12. The standard InChI is InChI=1S/C22H32N4O7S/c1-13(24-20(30)15(23)8-9-18(27)28)19(29)25-16(10-11-34-2)21(31)26-17(22(32)33)12-14-6-4-3-5-7-14/h3-7,13,15-17H,8-12,23H2,1-2H3,(H,24,30)(H,25,29)(H,26,31)(H,27,28)(H,32,33). The number of aliphatic carboxylic acids is 2. The maximum Gasteiger partial charge on any atom is 0.326 e. The average molecular weight is 497 g/mol. The zero-order chi connectivity index (χ0) is 25.7. The summed E-state index contributed by atoms with van der Waals surface area (Å²) < 4.78 is 0. The third kappa shape index (κ3) is 10.7. The van der Waals surface area contributed by atoms with Crippen LogP contribution in [-0.2, 0) is 30.4 Å². The van der Waals surface area contributed by atoms with E-state index in [9.17, 15) is 29.1 Å². The first-order valence-corrected chi connectivity index (χ1v) is 12.1. The van der Waals surface area contributed by atoms with Crippen molar-refractivity contribution >= 4 is 41.4 Å². The Bertz CT molecular complexity index is 853. The molecule has 12 heteroatoms. The van der Waals surface area contributed by atoms with Gasteiger partial charge in [-0.25, -0.2) is 4.79 Å². The van der Waals surface area contributed by atoms with E-state index in [1.54, 1.807) is 30.3 Å². The molecule has 1 aromatic carbocycles. The van der Waals surface area contributed by atoms with Crippen LogP contribution in [0, 0.1) is 0 Å². The maximum absolute atomic E-state index is 12.8. The molecule has 0 aliphatic heterocycles. The van der Waals surface area contributed by atoms with E-state index in [1.165, 1.54) is 18.7 Å². The maximum atomic E-state index is 12.8. The van der Waals surface area contributed by atoms with Crippen molar-refractivity contribution in [3.05, 3.63) is 35.9 Å². The number of carboxylic acids is 2. The summed E-state index contributed by atoms with van der Waals surface area (Å²) in [4.78, 5) is 59.8. The molecule has 1 aromatic rings. The molecule has 0 bridgehead atoms. The van der Waals surface area contributed by atoms with Crippen molar-refractivity contribution in [3.8, 4) is 0 Å². The first-order chi connectivity index (χ1) is 16.0. The predicted octanol–water partition coefficient (Wildman–Crippen LogP) is -0.267. The van der Waals surface area contributed by atoms with Gasteiger partial charge in [-0.3, -0.25) is 19.2 Å². The largest absolute Gasteiger partial charge is 0.481 e. The van der Waals surface area contributed by atoms with E-state index in [-0.39, 0.29) is 25.7 Å². The van der Waals surface area contributed by atoms with Crippen molar-refractivity contribution in [2.75, 3.05) is 12.0 Å². The molecule has 0 radical (unpaired) electrons. The fourth-order valence-corrected chi connectivity index (χ4v) is 3.39. The summed E-state index contributed by atoms with van der Waals surface area (Å²) in [6, 6.07) is 4.47. The molecule has 0 heterocycles. The fourth-order valence-electron chi connectivity index (χ4n) is 2.92. The van der Waals surface area contributed by atoms with E-state index in [0.717, 1.165) is 5.56 Å². The summed E-state index contributed by atoms with van der Waals surface area (Å²) >= 11 is 1.45. The van der Waals surface area contributed by atoms with Crippen LogP contribution >= 0.6 is 11.8 Å². The molecule has 4 atom stereocenters. The summed E-state index contributed by atoms with van der Waals surface area (Å²) in [5.41, 5.74) is 6.38. The number of nitrogens with one attached hydrogen (secondary N) is 3. The van der Waals surface area contributed by atoms with E-state index in [1.807, 2.05) is 6.26 Å². The molecule has 0 spiro atoms. The molecule has 11 nitrogen and oxygen atoms in total. The van der Waals surface area contributed by atoms with Gasteiger partial charge in [-0.2, -0.15) is 11.8 Å². The molecule has 34 heavy (non-hydrogen) atoms. The zero-order valence-corrected chi connectivity index (χ0v) is 20.0. The van der Waals surface area contributed by atoms with E-state index in [2.05, 4.69) is 16.0 Å². The Labute approximate surface area is 202 Å². The van der Waals surface area contributed by atoms with Gasteiger partial charge < -0.3 is 31.9 Å². The lowest BCUT2D eigenvalue weighted by Crippen LogP contribution is -2.56. The number of carbonyl (C=O) groups is 5. The van der Waals surface area contributed by atoms with Crippen LogP contribution in [0.2, 0.25) is 0 Å². The Morgan fingerprint density at radius 3 is 2.09 bits per heavy atom. The minimum absolute atomic E-state index is 0.0752. The quantitative estimate of drug-likeness (QED) is 0.190. The number of hydrogen-bond donors (Lipinski definition) is 6. The van der Waals surface area contributed by atoms with Crippen LogP contribution in [0.3, 0.4) is 0 Å². The zero-order valence-electron chi connectivity index (χ0n) is 19.2. The Morgan fingerprint density at radius 1 is 0.912 bits per heavy atom. The summed E-state index contributed by atoms with van der Waals surface area (Å²) in [6.45, 7) is 1.40. The normalized spacial score (nSPS) is 14.2. The van der Waals surface area contributed by atoms with Gasteiger partial charge in [-0.1, -0.05) is 30.3 Å². The van der Waals surface area contributed by atoms with Crippen molar-refractivity contribution in [1.29, 1.82) is 0 Å². The summed E-state index contributed by atoms with van der Waals surface area (Å²) in [5.74, 6) is -3.78. The molecule has 188 valence electrons. The highest BCUT2D eigenvalue weighted by atomic mass is 32.2. The number of nitrogens with two attached hydrogens (primary N) is 1. The Balaban J connectivity index is 2.77. The second kappa shape index (κ2) is 14.9. The molecule has 1 rings (SSSR count). The van der Waals surface area contributed by atoms with Gasteiger partial charge in [0.2, 0.25) is 17.7 Å². The van der Waals surface area contributed by atoms with E-state index >= 15 is 0 Å². The fraction of sp³-hybridized carbons (Fsp3) is 0.500. The highest BCUT2D eigenvalue weighted by Crippen LogP contribution is 2.06. The minimum atomic E-state index is -1.21. The van der Waals surface area contributed by atoms with Crippen molar-refractivity contribution in [2.24, 2.45) is 5.73 Å². The average Bonchev–Trinajstić information content (AvgIpc) is 2.79. The van der Waals surface area contributed by atoms with Gasteiger partial charge in [0.05, 0.1) is 6.04 Å². The van der Waals surface area contributed by atoms with Crippen LogP contribution in [0.4, 0.5) is 0 Å². The topological polar surface area (TPSA) is 188 Å². The SMILES string of the molecule is CSCCC(NC(=O)C(C)NC(=O)C(N)CCC(=O)O)C(=O)NC(Cc1ccccc1)C(=O)O. The lowest BCUT2D eigenvalue weighted by Gasteiger charge is -2.23. The van der Waals surface area contributed by atoms with Gasteiger partial charge in [-0.15, -0.1) is 0 Å². The number of carboxylic acid groups (broad SMARTS) is 2. The lowest BCUT2D eigenvalue weighted by atomic mass is 10.1. The molecular formula is C22H32N4O7S. The Morgan fingerprint density at radius 2 is 1.53 bits per heavy atom. The molecule has 0 aliphatic carbocycles. The van der Waals surface area contributed by atoms with Crippen molar-refractivity contribution < 1.29 is 34.2 Å². The number of carbonyl (C=O) groups excluding carboxylic acids is 3. The Kier molecular flexibility index (Phi) is 12.7. The summed E-state index contributed by atoms with van der Waals surface area (Å²) in [7, 11) is 0. The minimum Gasteiger partial charge on any atom is -0.481 e. The first kappa shape index (κ1) is 28.9. The molecule has 3 amide bonds. The number of rotatable bonds is 15. The van der Waals surface area contributed by atoms with E-state index in [4.69, 9.17) is 10.8 Å². The van der Waals surface area contributed by atoms with Gasteiger partial charge >= 0.3 is 11.9 Å². The van der Waals surface area contributed by atoms with Crippen molar-refractivity contribution in [1.82, 2.24) is 16.0 Å². The molecule has 0 saturated carbocycles. The van der Waals surface area contributed by atoms with Crippen LogP contribution in [0.25, 0.3) is 0 Å². The molecular weight excluding hydrogens is 464 g/mol. The number of hydrogen-bond acceptors (Lipinski definition) is 7. The highest BCUT2D eigenvalue weighted by molar-refractivity contribution is 7.98. The highest BCUT2D eigenvalue weighted by Gasteiger charge is 2.28. The second-order valence-corrected chi connectivity index (χ2v) is 8.69. The predicted molar refractivity (Wildman–Crippen MR) is 127 cm³/mol. The molecule has 0 aliphatic rings.